The second kappa shape index (κ2) is 14.6. The first-order chi connectivity index (χ1) is 12.2. The average Bonchev–Trinajstić information content (AvgIpc) is 2.59. The molecule has 1 aromatic heterocycles. The van der Waals surface area contributed by atoms with Crippen molar-refractivity contribution in [2.45, 2.75) is 13.3 Å². The number of aromatic nitrogens is 1. The molecule has 0 radical (unpaired) electrons. The van der Waals surface area contributed by atoms with E-state index in [-0.39, 0.29) is 13.0 Å². The summed E-state index contributed by atoms with van der Waals surface area (Å²) in [5.74, 6) is -0.274. The third-order valence-corrected chi connectivity index (χ3v) is 2.94. The Bertz CT molecular complexity index is 453. The van der Waals surface area contributed by atoms with E-state index in [0.717, 1.165) is 5.56 Å². The van der Waals surface area contributed by atoms with Gasteiger partial charge in [0, 0.05) is 12.3 Å². The maximum absolute atomic E-state index is 10.2. The predicted molar refractivity (Wildman–Crippen MR) is 90.0 cm³/mol. The lowest BCUT2D eigenvalue weighted by Crippen LogP contribution is -2.14. The number of carboxylic acid groups (broad SMARTS) is 1. The number of aryl methyl sites for hydroxylation is 1. The lowest BCUT2D eigenvalue weighted by Gasteiger charge is -2.08. The average molecular weight is 357 g/mol. The molecule has 0 saturated carbocycles. The Morgan fingerprint density at radius 3 is 1.88 bits per heavy atom. The fourth-order valence-corrected chi connectivity index (χ4v) is 1.67. The number of hydrogen-bond donors (Lipinski definition) is 1. The highest BCUT2D eigenvalue weighted by Crippen LogP contribution is 2.05. The summed E-state index contributed by atoms with van der Waals surface area (Å²) in [7, 11) is 0. The van der Waals surface area contributed by atoms with E-state index in [0.29, 0.717) is 58.7 Å². The molecule has 1 rings (SSSR count). The molecule has 142 valence electrons. The number of hydrogen-bond acceptors (Lipinski definition) is 7. The van der Waals surface area contributed by atoms with Crippen molar-refractivity contribution in [1.82, 2.24) is 4.98 Å². The van der Waals surface area contributed by atoms with Gasteiger partial charge in [0.15, 0.2) is 0 Å². The van der Waals surface area contributed by atoms with Crippen LogP contribution in [-0.2, 0) is 23.7 Å². The van der Waals surface area contributed by atoms with Gasteiger partial charge in [-0.1, -0.05) is 6.07 Å². The number of rotatable bonds is 16. The predicted octanol–water partition coefficient (Wildman–Crippen LogP) is 1.31. The highest BCUT2D eigenvalue weighted by molar-refractivity contribution is 5.66. The highest BCUT2D eigenvalue weighted by atomic mass is 16.6. The maximum atomic E-state index is 10.2. The largest absolute Gasteiger partial charge is 0.481 e. The van der Waals surface area contributed by atoms with Crippen LogP contribution in [0.25, 0.3) is 0 Å². The molecule has 0 atom stereocenters. The fraction of sp³-hybridized carbons (Fsp3) is 0.647. The molecule has 25 heavy (non-hydrogen) atoms. The van der Waals surface area contributed by atoms with Gasteiger partial charge in [-0.3, -0.25) is 4.79 Å². The third-order valence-electron chi connectivity index (χ3n) is 2.94. The molecule has 1 N–H and O–H groups in total. The van der Waals surface area contributed by atoms with Crippen molar-refractivity contribution < 1.29 is 33.6 Å². The Morgan fingerprint density at radius 2 is 1.40 bits per heavy atom. The van der Waals surface area contributed by atoms with Crippen LogP contribution in [-0.4, -0.2) is 75.5 Å². The van der Waals surface area contributed by atoms with E-state index in [2.05, 4.69) is 4.98 Å². The zero-order valence-electron chi connectivity index (χ0n) is 14.6. The van der Waals surface area contributed by atoms with Gasteiger partial charge in [0.2, 0.25) is 5.88 Å². The van der Waals surface area contributed by atoms with Gasteiger partial charge >= 0.3 is 5.97 Å². The number of pyridine rings is 1. The molecule has 0 aliphatic rings. The number of aliphatic carboxylic acids is 1. The summed E-state index contributed by atoms with van der Waals surface area (Å²) in [6, 6.07) is 3.77. The topological polar surface area (TPSA) is 96.3 Å². The van der Waals surface area contributed by atoms with Crippen LogP contribution in [0.5, 0.6) is 5.88 Å². The second-order valence-corrected chi connectivity index (χ2v) is 5.12. The first-order valence-electron chi connectivity index (χ1n) is 8.26. The minimum atomic E-state index is -0.866. The minimum absolute atomic E-state index is 0.00961. The van der Waals surface area contributed by atoms with Gasteiger partial charge in [0.25, 0.3) is 0 Å². The van der Waals surface area contributed by atoms with Crippen LogP contribution in [0, 0.1) is 6.92 Å². The van der Waals surface area contributed by atoms with E-state index in [1.807, 2.05) is 19.1 Å². The molecule has 0 unspecified atom stereocenters. The van der Waals surface area contributed by atoms with E-state index in [9.17, 15) is 4.79 Å². The monoisotopic (exact) mass is 357 g/mol. The second-order valence-electron chi connectivity index (χ2n) is 5.12. The molecule has 0 aliphatic carbocycles. The first kappa shape index (κ1) is 21.3. The molecule has 8 heteroatoms. The third kappa shape index (κ3) is 13.2. The van der Waals surface area contributed by atoms with Crippen molar-refractivity contribution in [2.75, 3.05) is 59.5 Å². The summed E-state index contributed by atoms with van der Waals surface area (Å²) in [5.41, 5.74) is 1.09. The number of carbonyl (C=O) groups is 1. The van der Waals surface area contributed by atoms with E-state index in [4.69, 9.17) is 28.8 Å². The Balaban J connectivity index is 1.76. The normalized spacial score (nSPS) is 10.8. The van der Waals surface area contributed by atoms with Crippen LogP contribution in [0.15, 0.2) is 18.3 Å². The van der Waals surface area contributed by atoms with Gasteiger partial charge in [-0.05, 0) is 12.5 Å². The molecular weight excluding hydrogens is 330 g/mol. The summed E-state index contributed by atoms with van der Waals surface area (Å²) < 4.78 is 26.5. The van der Waals surface area contributed by atoms with Crippen LogP contribution in [0.4, 0.5) is 0 Å². The van der Waals surface area contributed by atoms with E-state index in [1.54, 1.807) is 6.20 Å². The van der Waals surface area contributed by atoms with Crippen LogP contribution in [0.1, 0.15) is 12.0 Å². The summed E-state index contributed by atoms with van der Waals surface area (Å²) in [5, 5.41) is 8.42. The number of ether oxygens (including phenoxy) is 5. The van der Waals surface area contributed by atoms with Crippen LogP contribution in [0.3, 0.4) is 0 Å². The molecule has 0 aromatic carbocycles. The highest BCUT2D eigenvalue weighted by Gasteiger charge is 1.97. The Kier molecular flexibility index (Phi) is 12.4. The first-order valence-corrected chi connectivity index (χ1v) is 8.26. The van der Waals surface area contributed by atoms with E-state index >= 15 is 0 Å². The summed E-state index contributed by atoms with van der Waals surface area (Å²) in [4.78, 5) is 14.4. The zero-order chi connectivity index (χ0) is 18.2. The molecule has 8 nitrogen and oxygen atoms in total. The van der Waals surface area contributed by atoms with Crippen molar-refractivity contribution in [1.29, 1.82) is 0 Å². The fourth-order valence-electron chi connectivity index (χ4n) is 1.67. The van der Waals surface area contributed by atoms with Crippen molar-refractivity contribution in [2.24, 2.45) is 0 Å². The van der Waals surface area contributed by atoms with E-state index in [1.165, 1.54) is 0 Å². The SMILES string of the molecule is Cc1ccc(OCCOCCOCCOCCOCCC(=O)O)nc1. The van der Waals surface area contributed by atoms with Gasteiger partial charge in [0.05, 0.1) is 59.3 Å². The van der Waals surface area contributed by atoms with Crippen molar-refractivity contribution >= 4 is 5.97 Å². The number of nitrogens with zero attached hydrogens (tertiary/aromatic N) is 1. The molecule has 0 bridgehead atoms. The molecule has 0 saturated heterocycles. The van der Waals surface area contributed by atoms with Gasteiger partial charge < -0.3 is 28.8 Å². The molecule has 0 spiro atoms. The summed E-state index contributed by atoms with van der Waals surface area (Å²) in [6.07, 6.45) is 1.77. The van der Waals surface area contributed by atoms with Gasteiger partial charge in [0.1, 0.15) is 6.61 Å². The maximum Gasteiger partial charge on any atom is 0.305 e. The van der Waals surface area contributed by atoms with Crippen LogP contribution >= 0.6 is 0 Å². The summed E-state index contributed by atoms with van der Waals surface area (Å²) in [6.45, 7) is 5.81. The van der Waals surface area contributed by atoms with Crippen LogP contribution in [0.2, 0.25) is 0 Å². The zero-order valence-corrected chi connectivity index (χ0v) is 14.6. The van der Waals surface area contributed by atoms with Crippen molar-refractivity contribution in [3.8, 4) is 5.88 Å². The minimum Gasteiger partial charge on any atom is -0.481 e. The standard InChI is InChI=1S/C17H27NO7/c1-15-2-3-16(18-14-15)25-13-12-24-11-10-23-9-8-22-7-6-21-5-4-17(19)20/h2-3,14H,4-13H2,1H3,(H,19,20). The van der Waals surface area contributed by atoms with E-state index < -0.39 is 5.97 Å². The Morgan fingerprint density at radius 1 is 0.880 bits per heavy atom. The summed E-state index contributed by atoms with van der Waals surface area (Å²) >= 11 is 0. The molecule has 1 aromatic rings. The quantitative estimate of drug-likeness (QED) is 0.442. The lowest BCUT2D eigenvalue weighted by atomic mass is 10.3. The molecule has 1 heterocycles. The Hall–Kier alpha value is -1.74. The number of carboxylic acids is 1. The smallest absolute Gasteiger partial charge is 0.305 e. The molecule has 0 fully saturated rings. The Labute approximate surface area is 148 Å². The molecule has 0 aliphatic heterocycles. The van der Waals surface area contributed by atoms with Gasteiger partial charge in [-0.15, -0.1) is 0 Å². The van der Waals surface area contributed by atoms with Crippen molar-refractivity contribution in [3.63, 3.8) is 0 Å². The lowest BCUT2D eigenvalue weighted by molar-refractivity contribution is -0.138. The molecular formula is C17H27NO7. The van der Waals surface area contributed by atoms with Gasteiger partial charge in [-0.25, -0.2) is 4.98 Å². The van der Waals surface area contributed by atoms with Crippen LogP contribution < -0.4 is 4.74 Å². The van der Waals surface area contributed by atoms with Crippen molar-refractivity contribution in [3.05, 3.63) is 23.9 Å². The van der Waals surface area contributed by atoms with Gasteiger partial charge in [-0.2, -0.15) is 0 Å². The molecule has 0 amide bonds.